The first-order valence-electron chi connectivity index (χ1n) is 7.59. The molecule has 0 spiro atoms. The second-order valence-corrected chi connectivity index (χ2v) is 6.84. The van der Waals surface area contributed by atoms with E-state index in [4.69, 9.17) is 4.74 Å². The fourth-order valence-electron chi connectivity index (χ4n) is 1.84. The molecular formula is C15H20F2N2O5S. The Morgan fingerprint density at radius 3 is 2.56 bits per heavy atom. The van der Waals surface area contributed by atoms with Crippen LogP contribution in [0.5, 0.6) is 0 Å². The Morgan fingerprint density at radius 1 is 1.28 bits per heavy atom. The summed E-state index contributed by atoms with van der Waals surface area (Å²) in [6, 6.07) is 2.11. The Hall–Kier alpha value is -2.07. The average molecular weight is 378 g/mol. The van der Waals surface area contributed by atoms with Crippen LogP contribution in [-0.2, 0) is 24.3 Å². The van der Waals surface area contributed by atoms with E-state index in [0.29, 0.717) is 12.6 Å². The zero-order chi connectivity index (χ0) is 19.0. The third kappa shape index (κ3) is 6.75. The highest BCUT2D eigenvalue weighted by Gasteiger charge is 2.20. The molecule has 1 aromatic carbocycles. The third-order valence-corrected chi connectivity index (χ3v) is 4.56. The summed E-state index contributed by atoms with van der Waals surface area (Å²) in [6.07, 6.45) is -0.987. The first-order valence-corrected chi connectivity index (χ1v) is 9.07. The van der Waals surface area contributed by atoms with Crippen molar-refractivity contribution in [1.82, 2.24) is 10.0 Å². The number of nitrogens with one attached hydrogen (secondary N) is 2. The van der Waals surface area contributed by atoms with E-state index in [9.17, 15) is 26.8 Å². The zero-order valence-corrected chi connectivity index (χ0v) is 14.7. The monoisotopic (exact) mass is 378 g/mol. The molecule has 2 N–H and O–H groups in total. The van der Waals surface area contributed by atoms with E-state index in [-0.39, 0.29) is 19.4 Å². The molecule has 0 aliphatic heterocycles. The Kier molecular flexibility index (Phi) is 7.91. The predicted molar refractivity (Wildman–Crippen MR) is 85.0 cm³/mol. The lowest BCUT2D eigenvalue weighted by Gasteiger charge is -2.12. The standard InChI is InChI=1S/C15H20F2N2O5S/c1-3-18-15(21)10(2)24-14(20)5-4-8-19-25(22,23)13-7-6-11(16)9-12(13)17/h6-7,9-10,19H,3-5,8H2,1-2H3,(H,18,21)/t10-/m1/s1. The quantitative estimate of drug-likeness (QED) is 0.495. The predicted octanol–water partition coefficient (Wildman–Crippen LogP) is 1.09. The number of carbonyl (C=O) groups is 2. The number of sulfonamides is 1. The van der Waals surface area contributed by atoms with Gasteiger partial charge in [-0.2, -0.15) is 0 Å². The first kappa shape index (κ1) is 21.0. The van der Waals surface area contributed by atoms with Crippen molar-refractivity contribution >= 4 is 21.9 Å². The molecular weight excluding hydrogens is 358 g/mol. The molecule has 0 aliphatic carbocycles. The number of esters is 1. The Balaban J connectivity index is 2.44. The number of carbonyl (C=O) groups excluding carboxylic acids is 2. The van der Waals surface area contributed by atoms with E-state index < -0.39 is 44.5 Å². The van der Waals surface area contributed by atoms with Crippen molar-refractivity contribution in [1.29, 1.82) is 0 Å². The minimum absolute atomic E-state index is 0.0863. The highest BCUT2D eigenvalue weighted by atomic mass is 32.2. The van der Waals surface area contributed by atoms with Crippen LogP contribution in [0.2, 0.25) is 0 Å². The summed E-state index contributed by atoms with van der Waals surface area (Å²) >= 11 is 0. The summed E-state index contributed by atoms with van der Waals surface area (Å²) in [4.78, 5) is 22.3. The smallest absolute Gasteiger partial charge is 0.306 e. The molecule has 0 fully saturated rings. The Morgan fingerprint density at radius 2 is 1.96 bits per heavy atom. The lowest BCUT2D eigenvalue weighted by Crippen LogP contribution is -2.35. The maximum Gasteiger partial charge on any atom is 0.306 e. The molecule has 25 heavy (non-hydrogen) atoms. The fourth-order valence-corrected chi connectivity index (χ4v) is 2.97. The summed E-state index contributed by atoms with van der Waals surface area (Å²) < 4.78 is 57.1. The normalized spacial score (nSPS) is 12.5. The fraction of sp³-hybridized carbons (Fsp3) is 0.467. The molecule has 0 bridgehead atoms. The molecule has 1 aromatic rings. The van der Waals surface area contributed by atoms with Gasteiger partial charge in [-0.15, -0.1) is 0 Å². The van der Waals surface area contributed by atoms with Crippen molar-refractivity contribution in [2.45, 2.75) is 37.7 Å². The highest BCUT2D eigenvalue weighted by molar-refractivity contribution is 7.89. The van der Waals surface area contributed by atoms with E-state index in [1.807, 2.05) is 0 Å². The van der Waals surface area contributed by atoms with Crippen molar-refractivity contribution in [2.75, 3.05) is 13.1 Å². The van der Waals surface area contributed by atoms with Crippen LogP contribution < -0.4 is 10.0 Å². The van der Waals surface area contributed by atoms with Gasteiger partial charge in [0, 0.05) is 25.6 Å². The van der Waals surface area contributed by atoms with Crippen molar-refractivity contribution in [3.63, 3.8) is 0 Å². The lowest BCUT2D eigenvalue weighted by molar-refractivity contribution is -0.154. The van der Waals surface area contributed by atoms with Gasteiger partial charge in [-0.25, -0.2) is 21.9 Å². The summed E-state index contributed by atoms with van der Waals surface area (Å²) in [5.41, 5.74) is 0. The van der Waals surface area contributed by atoms with Crippen LogP contribution in [-0.4, -0.2) is 39.5 Å². The largest absolute Gasteiger partial charge is 0.453 e. The number of benzene rings is 1. The topological polar surface area (TPSA) is 102 Å². The van der Waals surface area contributed by atoms with E-state index >= 15 is 0 Å². The number of rotatable bonds is 9. The van der Waals surface area contributed by atoms with E-state index in [1.54, 1.807) is 6.92 Å². The van der Waals surface area contributed by atoms with Gasteiger partial charge in [-0.3, -0.25) is 9.59 Å². The van der Waals surface area contributed by atoms with Crippen LogP contribution in [0.4, 0.5) is 8.78 Å². The maximum atomic E-state index is 13.5. The molecule has 0 aliphatic rings. The van der Waals surface area contributed by atoms with Gasteiger partial charge < -0.3 is 10.1 Å². The number of ether oxygens (including phenoxy) is 1. The van der Waals surface area contributed by atoms with Crippen LogP contribution in [0.1, 0.15) is 26.7 Å². The second-order valence-electron chi connectivity index (χ2n) is 5.10. The molecule has 140 valence electrons. The second kappa shape index (κ2) is 9.42. The molecule has 0 aromatic heterocycles. The number of amides is 1. The van der Waals surface area contributed by atoms with Gasteiger partial charge in [-0.1, -0.05) is 0 Å². The van der Waals surface area contributed by atoms with Crippen molar-refractivity contribution in [3.8, 4) is 0 Å². The molecule has 1 amide bonds. The summed E-state index contributed by atoms with van der Waals surface area (Å²) in [7, 11) is -4.16. The summed E-state index contributed by atoms with van der Waals surface area (Å²) in [5.74, 6) is -3.18. The first-order chi connectivity index (χ1) is 11.7. The van der Waals surface area contributed by atoms with Crippen LogP contribution in [0, 0.1) is 11.6 Å². The molecule has 10 heteroatoms. The minimum Gasteiger partial charge on any atom is -0.453 e. The van der Waals surface area contributed by atoms with Gasteiger partial charge >= 0.3 is 5.97 Å². The van der Waals surface area contributed by atoms with Crippen LogP contribution in [0.25, 0.3) is 0 Å². The Bertz CT molecular complexity index is 725. The van der Waals surface area contributed by atoms with Crippen molar-refractivity contribution in [3.05, 3.63) is 29.8 Å². The van der Waals surface area contributed by atoms with Gasteiger partial charge in [0.1, 0.15) is 16.5 Å². The molecule has 1 rings (SSSR count). The van der Waals surface area contributed by atoms with E-state index in [0.717, 1.165) is 12.1 Å². The highest BCUT2D eigenvalue weighted by Crippen LogP contribution is 2.15. The lowest BCUT2D eigenvalue weighted by atomic mass is 10.3. The average Bonchev–Trinajstić information content (AvgIpc) is 2.51. The minimum atomic E-state index is -4.16. The number of hydrogen-bond acceptors (Lipinski definition) is 5. The number of hydrogen-bond donors (Lipinski definition) is 2. The number of likely N-dealkylation sites (N-methyl/N-ethyl adjacent to an activating group) is 1. The molecule has 0 saturated carbocycles. The van der Waals surface area contributed by atoms with Gasteiger partial charge in [0.15, 0.2) is 6.10 Å². The van der Waals surface area contributed by atoms with Crippen LogP contribution in [0.3, 0.4) is 0 Å². The Labute approximate surface area is 144 Å². The molecule has 1 atom stereocenters. The maximum absolute atomic E-state index is 13.5. The van der Waals surface area contributed by atoms with E-state index in [1.165, 1.54) is 6.92 Å². The summed E-state index contributed by atoms with van der Waals surface area (Å²) in [5, 5.41) is 2.50. The van der Waals surface area contributed by atoms with E-state index in [2.05, 4.69) is 10.0 Å². The number of halogens is 2. The van der Waals surface area contributed by atoms with Crippen molar-refractivity contribution in [2.24, 2.45) is 0 Å². The van der Waals surface area contributed by atoms with Crippen LogP contribution in [0.15, 0.2) is 23.1 Å². The van der Waals surface area contributed by atoms with Gasteiger partial charge in [0.05, 0.1) is 0 Å². The molecule has 0 saturated heterocycles. The summed E-state index contributed by atoms with van der Waals surface area (Å²) in [6.45, 7) is 3.40. The molecule has 0 unspecified atom stereocenters. The molecule has 0 radical (unpaired) electrons. The van der Waals surface area contributed by atoms with Crippen LogP contribution >= 0.6 is 0 Å². The molecule has 0 heterocycles. The van der Waals surface area contributed by atoms with Gasteiger partial charge in [-0.05, 0) is 32.4 Å². The van der Waals surface area contributed by atoms with Gasteiger partial charge in [0.2, 0.25) is 10.0 Å². The van der Waals surface area contributed by atoms with Gasteiger partial charge in [0.25, 0.3) is 5.91 Å². The zero-order valence-electron chi connectivity index (χ0n) is 13.8. The SMILES string of the molecule is CCNC(=O)[C@@H](C)OC(=O)CCCNS(=O)(=O)c1ccc(F)cc1F. The van der Waals surface area contributed by atoms with Crippen molar-refractivity contribution < 1.29 is 31.5 Å². The molecule has 7 nitrogen and oxygen atoms in total. The third-order valence-electron chi connectivity index (χ3n) is 3.06.